The zero-order valence-electron chi connectivity index (χ0n) is 25.1. The van der Waals surface area contributed by atoms with Gasteiger partial charge in [-0.25, -0.2) is 0 Å². The van der Waals surface area contributed by atoms with Crippen molar-refractivity contribution in [2.75, 3.05) is 11.9 Å². The average molecular weight is 560 g/mol. The number of amides is 3. The topological polar surface area (TPSA) is 87.7 Å². The van der Waals surface area contributed by atoms with Gasteiger partial charge in [-0.05, 0) is 61.8 Å². The summed E-state index contributed by atoms with van der Waals surface area (Å²) in [5.74, 6) is -0.689. The van der Waals surface area contributed by atoms with E-state index in [1.807, 2.05) is 75.4 Å². The Kier molecular flexibility index (Phi) is 10.2. The van der Waals surface area contributed by atoms with Crippen LogP contribution in [-0.4, -0.2) is 41.3 Å². The highest BCUT2D eigenvalue weighted by Crippen LogP contribution is 2.33. The number of aryl methyl sites for hydroxylation is 1. The number of carbonyl (C=O) groups is 3. The van der Waals surface area contributed by atoms with Gasteiger partial charge in [-0.1, -0.05) is 82.5 Å². The van der Waals surface area contributed by atoms with Crippen LogP contribution in [0.15, 0.2) is 66.4 Å². The normalized spacial score (nSPS) is 27.0. The molecule has 3 amide bonds. The van der Waals surface area contributed by atoms with E-state index in [0.29, 0.717) is 30.4 Å². The number of hydrogen-bond donors (Lipinski definition) is 2. The minimum absolute atomic E-state index is 0.0362. The molecule has 4 rings (SSSR count). The van der Waals surface area contributed by atoms with Crippen molar-refractivity contribution in [3.63, 3.8) is 0 Å². The highest BCUT2D eigenvalue weighted by molar-refractivity contribution is 6.08. The maximum Gasteiger partial charge on any atom is 0.255 e. The van der Waals surface area contributed by atoms with Gasteiger partial charge in [-0.3, -0.25) is 14.4 Å². The van der Waals surface area contributed by atoms with E-state index < -0.39 is 18.0 Å². The van der Waals surface area contributed by atoms with Gasteiger partial charge in [0.2, 0.25) is 11.8 Å². The number of nitrogens with one attached hydrogen (secondary N) is 2. The third-order valence-electron chi connectivity index (χ3n) is 8.88. The molecule has 7 nitrogen and oxygen atoms in total. The molecule has 41 heavy (non-hydrogen) atoms. The lowest BCUT2D eigenvalue weighted by molar-refractivity contribution is -0.149. The maximum absolute atomic E-state index is 14.5. The Hall–Kier alpha value is -3.61. The van der Waals surface area contributed by atoms with Gasteiger partial charge in [-0.2, -0.15) is 0 Å². The fourth-order valence-corrected chi connectivity index (χ4v) is 6.18. The third-order valence-corrected chi connectivity index (χ3v) is 8.88. The molecule has 1 aliphatic carbocycles. The molecule has 0 saturated heterocycles. The summed E-state index contributed by atoms with van der Waals surface area (Å²) in [6.07, 6.45) is 5.70. The second-order valence-corrected chi connectivity index (χ2v) is 11.8. The van der Waals surface area contributed by atoms with E-state index in [9.17, 15) is 14.4 Å². The lowest BCUT2D eigenvalue weighted by Gasteiger charge is -2.41. The molecule has 1 heterocycles. The van der Waals surface area contributed by atoms with Crippen LogP contribution < -0.4 is 10.6 Å². The number of hydrogen-bond acceptors (Lipinski definition) is 4. The van der Waals surface area contributed by atoms with Crippen molar-refractivity contribution in [3.05, 3.63) is 77.6 Å². The van der Waals surface area contributed by atoms with E-state index in [0.717, 1.165) is 30.4 Å². The molecule has 7 heteroatoms. The average Bonchev–Trinajstić information content (AvgIpc) is 2.95. The van der Waals surface area contributed by atoms with Crippen LogP contribution in [0.2, 0.25) is 0 Å². The van der Waals surface area contributed by atoms with Crippen molar-refractivity contribution in [2.24, 2.45) is 17.8 Å². The monoisotopic (exact) mass is 559 g/mol. The fraction of sp³-hybridized carbons (Fsp3) is 0.500. The first-order chi connectivity index (χ1) is 19.7. The smallest absolute Gasteiger partial charge is 0.255 e. The molecule has 0 radical (unpaired) electrons. The number of rotatable bonds is 8. The highest BCUT2D eigenvalue weighted by Gasteiger charge is 2.42. The lowest BCUT2D eigenvalue weighted by atomic mass is 9.78. The molecule has 2 aromatic carbocycles. The summed E-state index contributed by atoms with van der Waals surface area (Å²) in [6.45, 7) is 10.3. The van der Waals surface area contributed by atoms with Crippen molar-refractivity contribution in [3.8, 4) is 0 Å². The van der Waals surface area contributed by atoms with Gasteiger partial charge in [0.1, 0.15) is 12.6 Å². The van der Waals surface area contributed by atoms with Crippen molar-refractivity contribution in [1.29, 1.82) is 0 Å². The minimum atomic E-state index is -0.834. The highest BCUT2D eigenvalue weighted by atomic mass is 16.5. The number of benzene rings is 2. The van der Waals surface area contributed by atoms with Crippen molar-refractivity contribution in [1.82, 2.24) is 10.2 Å². The number of nitrogens with zero attached hydrogens (tertiary/aromatic N) is 1. The standard InChI is InChI=1S/C34H45N3O4/c1-6-12-28-29(32(38)35-27-17-10-13-22(2)19-27)20-41-21-31(33(39)36-30-18-11-14-23(3)24(30)4)37(34(28)40)25(5)26-15-8-7-9-16-26/h7-10,13,15-17,19-20,23-25,28,30-31H,6,11-12,14,18,21H2,1-5H3,(H,35,38)(H,36,39)/b29-20+. The van der Waals surface area contributed by atoms with Crippen molar-refractivity contribution in [2.45, 2.75) is 84.8 Å². The molecule has 2 aromatic rings. The number of carbonyl (C=O) groups excluding carboxylic acids is 3. The Morgan fingerprint density at radius 3 is 2.54 bits per heavy atom. The van der Waals surface area contributed by atoms with Gasteiger partial charge in [0.25, 0.3) is 5.91 Å². The Morgan fingerprint density at radius 2 is 1.83 bits per heavy atom. The van der Waals surface area contributed by atoms with Crippen LogP contribution in [-0.2, 0) is 19.1 Å². The van der Waals surface area contributed by atoms with E-state index in [2.05, 4.69) is 24.5 Å². The summed E-state index contributed by atoms with van der Waals surface area (Å²) >= 11 is 0. The largest absolute Gasteiger partial charge is 0.498 e. The Morgan fingerprint density at radius 1 is 1.07 bits per heavy atom. The molecular formula is C34H45N3O4. The van der Waals surface area contributed by atoms with Crippen molar-refractivity contribution < 1.29 is 19.1 Å². The lowest BCUT2D eigenvalue weighted by Crippen LogP contribution is -2.58. The van der Waals surface area contributed by atoms with E-state index in [1.54, 1.807) is 4.90 Å². The Bertz CT molecular complexity index is 1240. The first-order valence-corrected chi connectivity index (χ1v) is 15.1. The van der Waals surface area contributed by atoms with Gasteiger partial charge in [0.15, 0.2) is 0 Å². The fourth-order valence-electron chi connectivity index (χ4n) is 6.18. The van der Waals surface area contributed by atoms with Gasteiger partial charge in [0, 0.05) is 11.7 Å². The first kappa shape index (κ1) is 30.4. The number of ether oxygens (including phenoxy) is 1. The molecule has 6 unspecified atom stereocenters. The Balaban J connectivity index is 1.68. The van der Waals surface area contributed by atoms with Crippen LogP contribution >= 0.6 is 0 Å². The summed E-state index contributed by atoms with van der Waals surface area (Å²) in [7, 11) is 0. The molecule has 2 N–H and O–H groups in total. The molecule has 1 aliphatic heterocycles. The van der Waals surface area contributed by atoms with E-state index in [4.69, 9.17) is 4.74 Å². The predicted octanol–water partition coefficient (Wildman–Crippen LogP) is 6.16. The first-order valence-electron chi connectivity index (χ1n) is 15.1. The van der Waals surface area contributed by atoms with Crippen LogP contribution in [0.3, 0.4) is 0 Å². The molecule has 1 saturated carbocycles. The SMILES string of the molecule is CCCC1C(=O)N(C(C)c2ccccc2)C(C(=O)NC2CCCC(C)C2C)CO/C=C\1C(=O)Nc1cccc(C)c1. The maximum atomic E-state index is 14.5. The van der Waals surface area contributed by atoms with Gasteiger partial charge >= 0.3 is 0 Å². The predicted molar refractivity (Wildman–Crippen MR) is 162 cm³/mol. The molecule has 6 atom stereocenters. The van der Waals surface area contributed by atoms with E-state index in [1.165, 1.54) is 6.26 Å². The zero-order valence-corrected chi connectivity index (χ0v) is 25.1. The van der Waals surface area contributed by atoms with Gasteiger partial charge in [-0.15, -0.1) is 0 Å². The van der Waals surface area contributed by atoms with Gasteiger partial charge in [0.05, 0.1) is 23.8 Å². The third kappa shape index (κ3) is 7.19. The van der Waals surface area contributed by atoms with E-state index >= 15 is 0 Å². The van der Waals surface area contributed by atoms with Crippen LogP contribution in [0.1, 0.15) is 77.0 Å². The minimum Gasteiger partial charge on any atom is -0.498 e. The molecule has 1 fully saturated rings. The summed E-state index contributed by atoms with van der Waals surface area (Å²) in [6, 6.07) is 16.1. The summed E-state index contributed by atoms with van der Waals surface area (Å²) in [5, 5.41) is 6.22. The van der Waals surface area contributed by atoms with Crippen LogP contribution in [0, 0.1) is 24.7 Å². The molecule has 0 spiro atoms. The van der Waals surface area contributed by atoms with Crippen LogP contribution in [0.4, 0.5) is 5.69 Å². The van der Waals surface area contributed by atoms with E-state index in [-0.39, 0.29) is 35.9 Å². The summed E-state index contributed by atoms with van der Waals surface area (Å²) in [5.41, 5.74) is 2.87. The molecule has 220 valence electrons. The molecule has 0 bridgehead atoms. The van der Waals surface area contributed by atoms with Gasteiger partial charge < -0.3 is 20.3 Å². The Labute approximate surface area is 244 Å². The number of anilines is 1. The molecule has 2 aliphatic rings. The second-order valence-electron chi connectivity index (χ2n) is 11.8. The molecular weight excluding hydrogens is 514 g/mol. The quantitative estimate of drug-likeness (QED) is 0.405. The second kappa shape index (κ2) is 13.8. The van der Waals surface area contributed by atoms with Crippen molar-refractivity contribution >= 4 is 23.4 Å². The van der Waals surface area contributed by atoms with Crippen LogP contribution in [0.5, 0.6) is 0 Å². The molecule has 0 aromatic heterocycles. The summed E-state index contributed by atoms with van der Waals surface area (Å²) in [4.78, 5) is 43.7. The van der Waals surface area contributed by atoms with Crippen LogP contribution in [0.25, 0.3) is 0 Å². The summed E-state index contributed by atoms with van der Waals surface area (Å²) < 4.78 is 6.00. The zero-order chi connectivity index (χ0) is 29.5.